The molecule has 1 aliphatic heterocycles. The van der Waals surface area contributed by atoms with Gasteiger partial charge in [0.15, 0.2) is 0 Å². The number of hydrogen-bond acceptors (Lipinski definition) is 2. The van der Waals surface area contributed by atoms with Crippen molar-refractivity contribution in [2.24, 2.45) is 0 Å². The normalized spacial score (nSPS) is 24.7. The zero-order valence-electron chi connectivity index (χ0n) is 13.6. The van der Waals surface area contributed by atoms with Crippen LogP contribution in [0.5, 0.6) is 0 Å². The molecule has 0 aromatic heterocycles. The molecular formula is C20H23FN2. The molecule has 2 aromatic rings. The van der Waals surface area contributed by atoms with E-state index in [0.29, 0.717) is 6.04 Å². The first-order chi connectivity index (χ1) is 11.2. The summed E-state index contributed by atoms with van der Waals surface area (Å²) in [5.74, 6) is 0.573. The third kappa shape index (κ3) is 2.98. The number of anilines is 1. The van der Waals surface area contributed by atoms with Crippen LogP contribution in [0.15, 0.2) is 48.5 Å². The fourth-order valence-corrected chi connectivity index (χ4v) is 3.91. The highest BCUT2D eigenvalue weighted by Crippen LogP contribution is 2.44. The Morgan fingerprint density at radius 1 is 0.957 bits per heavy atom. The summed E-state index contributed by atoms with van der Waals surface area (Å²) in [5, 5.41) is 0. The first-order valence-electron chi connectivity index (χ1n) is 8.52. The van der Waals surface area contributed by atoms with E-state index in [1.54, 1.807) is 12.1 Å². The standard InChI is InChI=1S/C20H23FN2/c1-15-13-17(21)7-8-19(15)22-9-11-23(12-10-22)20-14-18(20)16-5-3-2-4-6-16/h2-8,13,18,20H,9-12,14H2,1H3/t18-,20+/m0/s1. The molecule has 1 aliphatic carbocycles. The molecule has 0 spiro atoms. The number of rotatable bonds is 3. The van der Waals surface area contributed by atoms with Crippen LogP contribution in [-0.4, -0.2) is 37.1 Å². The van der Waals surface area contributed by atoms with Gasteiger partial charge in [0.25, 0.3) is 0 Å². The summed E-state index contributed by atoms with van der Waals surface area (Å²) in [6.07, 6.45) is 1.29. The molecule has 1 heterocycles. The summed E-state index contributed by atoms with van der Waals surface area (Å²) in [4.78, 5) is 5.03. The second kappa shape index (κ2) is 5.97. The van der Waals surface area contributed by atoms with Gasteiger partial charge < -0.3 is 4.90 Å². The van der Waals surface area contributed by atoms with Crippen molar-refractivity contribution >= 4 is 5.69 Å². The van der Waals surface area contributed by atoms with Gasteiger partial charge >= 0.3 is 0 Å². The van der Waals surface area contributed by atoms with E-state index in [4.69, 9.17) is 0 Å². The van der Waals surface area contributed by atoms with Crippen LogP contribution in [0, 0.1) is 12.7 Å². The van der Waals surface area contributed by atoms with Gasteiger partial charge in [-0.2, -0.15) is 0 Å². The van der Waals surface area contributed by atoms with Crippen LogP contribution >= 0.6 is 0 Å². The number of nitrogens with zero attached hydrogens (tertiary/aromatic N) is 2. The predicted octanol–water partition coefficient (Wildman–Crippen LogP) is 3.81. The molecule has 3 heteroatoms. The predicted molar refractivity (Wildman–Crippen MR) is 92.5 cm³/mol. The summed E-state index contributed by atoms with van der Waals surface area (Å²) in [5.41, 5.74) is 3.70. The maximum Gasteiger partial charge on any atom is 0.123 e. The molecule has 0 radical (unpaired) electrons. The maximum atomic E-state index is 13.3. The Hall–Kier alpha value is -1.87. The number of benzene rings is 2. The lowest BCUT2D eigenvalue weighted by Crippen LogP contribution is -2.47. The van der Waals surface area contributed by atoms with Crippen LogP contribution in [0.25, 0.3) is 0 Å². The minimum atomic E-state index is -0.145. The van der Waals surface area contributed by atoms with Crippen molar-refractivity contribution in [3.63, 3.8) is 0 Å². The van der Waals surface area contributed by atoms with E-state index in [2.05, 4.69) is 40.1 Å². The van der Waals surface area contributed by atoms with Crippen molar-refractivity contribution in [2.75, 3.05) is 31.1 Å². The van der Waals surface area contributed by atoms with Gasteiger partial charge in [-0.1, -0.05) is 30.3 Å². The van der Waals surface area contributed by atoms with E-state index in [-0.39, 0.29) is 5.82 Å². The van der Waals surface area contributed by atoms with E-state index < -0.39 is 0 Å². The highest BCUT2D eigenvalue weighted by molar-refractivity contribution is 5.53. The molecule has 2 atom stereocenters. The zero-order valence-corrected chi connectivity index (χ0v) is 13.6. The third-order valence-corrected chi connectivity index (χ3v) is 5.27. The van der Waals surface area contributed by atoms with Gasteiger partial charge in [-0.3, -0.25) is 4.90 Å². The van der Waals surface area contributed by atoms with Crippen molar-refractivity contribution in [3.05, 3.63) is 65.5 Å². The van der Waals surface area contributed by atoms with Gasteiger partial charge in [0.05, 0.1) is 0 Å². The maximum absolute atomic E-state index is 13.3. The number of halogens is 1. The Kier molecular flexibility index (Phi) is 3.82. The molecule has 23 heavy (non-hydrogen) atoms. The summed E-state index contributed by atoms with van der Waals surface area (Å²) in [7, 11) is 0. The van der Waals surface area contributed by atoms with Crippen molar-refractivity contribution in [2.45, 2.75) is 25.3 Å². The quantitative estimate of drug-likeness (QED) is 0.850. The molecular weight excluding hydrogens is 287 g/mol. The highest BCUT2D eigenvalue weighted by Gasteiger charge is 2.43. The molecule has 2 nitrogen and oxygen atoms in total. The smallest absolute Gasteiger partial charge is 0.123 e. The fourth-order valence-electron chi connectivity index (χ4n) is 3.91. The molecule has 2 aromatic carbocycles. The molecule has 2 aliphatic rings. The van der Waals surface area contributed by atoms with Crippen LogP contribution < -0.4 is 4.90 Å². The molecule has 0 N–H and O–H groups in total. The van der Waals surface area contributed by atoms with Gasteiger partial charge in [-0.15, -0.1) is 0 Å². The largest absolute Gasteiger partial charge is 0.369 e. The lowest BCUT2D eigenvalue weighted by molar-refractivity contribution is 0.244. The molecule has 0 amide bonds. The van der Waals surface area contributed by atoms with E-state index in [1.807, 2.05) is 13.0 Å². The van der Waals surface area contributed by atoms with Gasteiger partial charge in [0, 0.05) is 43.8 Å². The van der Waals surface area contributed by atoms with Gasteiger partial charge in [0.1, 0.15) is 5.82 Å². The van der Waals surface area contributed by atoms with Crippen LogP contribution in [0.4, 0.5) is 10.1 Å². The third-order valence-electron chi connectivity index (χ3n) is 5.27. The monoisotopic (exact) mass is 310 g/mol. The molecule has 2 fully saturated rings. The fraction of sp³-hybridized carbons (Fsp3) is 0.400. The minimum Gasteiger partial charge on any atom is -0.369 e. The molecule has 1 saturated heterocycles. The summed E-state index contributed by atoms with van der Waals surface area (Å²) >= 11 is 0. The van der Waals surface area contributed by atoms with Crippen molar-refractivity contribution in [1.82, 2.24) is 4.90 Å². The summed E-state index contributed by atoms with van der Waals surface area (Å²) in [6.45, 7) is 6.27. The first-order valence-corrected chi connectivity index (χ1v) is 8.52. The lowest BCUT2D eigenvalue weighted by atomic mass is 10.1. The SMILES string of the molecule is Cc1cc(F)ccc1N1CCN([C@@H]2C[C@H]2c2ccccc2)CC1. The van der Waals surface area contributed by atoms with Crippen LogP contribution in [-0.2, 0) is 0 Å². The van der Waals surface area contributed by atoms with E-state index in [9.17, 15) is 4.39 Å². The van der Waals surface area contributed by atoms with E-state index in [1.165, 1.54) is 17.7 Å². The van der Waals surface area contributed by atoms with Crippen molar-refractivity contribution in [1.29, 1.82) is 0 Å². The Bertz CT molecular complexity index is 677. The van der Waals surface area contributed by atoms with E-state index >= 15 is 0 Å². The molecule has 120 valence electrons. The molecule has 1 saturated carbocycles. The Morgan fingerprint density at radius 2 is 1.70 bits per heavy atom. The topological polar surface area (TPSA) is 6.48 Å². The number of hydrogen-bond donors (Lipinski definition) is 0. The van der Waals surface area contributed by atoms with Crippen LogP contribution in [0.3, 0.4) is 0 Å². The van der Waals surface area contributed by atoms with Gasteiger partial charge in [-0.25, -0.2) is 4.39 Å². The summed E-state index contributed by atoms with van der Waals surface area (Å²) in [6, 6.07) is 16.7. The average Bonchev–Trinajstić information content (AvgIpc) is 3.37. The Labute approximate surface area is 137 Å². The second-order valence-electron chi connectivity index (χ2n) is 6.77. The van der Waals surface area contributed by atoms with Gasteiger partial charge in [0.2, 0.25) is 0 Å². The summed E-state index contributed by atoms with van der Waals surface area (Å²) < 4.78 is 13.3. The lowest BCUT2D eigenvalue weighted by Gasteiger charge is -2.37. The molecule has 0 unspecified atom stereocenters. The molecule has 0 bridgehead atoms. The van der Waals surface area contributed by atoms with Crippen molar-refractivity contribution in [3.8, 4) is 0 Å². The number of piperazine rings is 1. The van der Waals surface area contributed by atoms with Crippen molar-refractivity contribution < 1.29 is 4.39 Å². The Balaban J connectivity index is 1.37. The van der Waals surface area contributed by atoms with Crippen LogP contribution in [0.2, 0.25) is 0 Å². The van der Waals surface area contributed by atoms with Crippen LogP contribution in [0.1, 0.15) is 23.5 Å². The zero-order chi connectivity index (χ0) is 15.8. The number of aryl methyl sites for hydroxylation is 1. The second-order valence-corrected chi connectivity index (χ2v) is 6.77. The van der Waals surface area contributed by atoms with Gasteiger partial charge in [-0.05, 0) is 42.7 Å². The first kappa shape index (κ1) is 14.7. The van der Waals surface area contributed by atoms with E-state index in [0.717, 1.165) is 37.7 Å². The average molecular weight is 310 g/mol. The Morgan fingerprint density at radius 3 is 2.39 bits per heavy atom. The highest BCUT2D eigenvalue weighted by atomic mass is 19.1. The minimum absolute atomic E-state index is 0.145. The molecule has 4 rings (SSSR count).